The number of halogens is 4. The summed E-state index contributed by atoms with van der Waals surface area (Å²) in [6, 6.07) is 10.9. The fourth-order valence-electron chi connectivity index (χ4n) is 3.62. The zero-order valence-corrected chi connectivity index (χ0v) is 20.4. The second kappa shape index (κ2) is 9.21. The number of fused-ring (bicyclic) bond motifs is 1. The Labute approximate surface area is 207 Å². The molecule has 184 valence electrons. The van der Waals surface area contributed by atoms with E-state index in [-0.39, 0.29) is 22.6 Å². The molecule has 1 N–H and O–H groups in total. The second-order valence-electron chi connectivity index (χ2n) is 7.54. The summed E-state index contributed by atoms with van der Waals surface area (Å²) in [6.07, 6.45) is -3.39. The number of methoxy groups -OCH3 is 1. The molecule has 0 radical (unpaired) electrons. The Balaban J connectivity index is 1.79. The predicted octanol–water partition coefficient (Wildman–Crippen LogP) is 6.30. The van der Waals surface area contributed by atoms with Gasteiger partial charge in [0.25, 0.3) is 10.0 Å². The largest absolute Gasteiger partial charge is 0.497 e. The standard InChI is InChI=1S/C23H17ClF3NO5S2/c1-33-15-4-6-19-16(11-15)14(3-8-21(29)30)12-28(19)35(31,32)22-9-7-20(34-22)13-2-5-18(24)17(10-13)23(25,26)27/h2,4-7,9-12H,3,8H2,1H3,(H,29,30). The van der Waals surface area contributed by atoms with Crippen LogP contribution in [0.15, 0.2) is 58.9 Å². The number of ether oxygens (including phenoxy) is 1. The van der Waals surface area contributed by atoms with Gasteiger partial charge in [-0.15, -0.1) is 11.3 Å². The van der Waals surface area contributed by atoms with Crippen molar-refractivity contribution in [3.8, 4) is 16.2 Å². The highest BCUT2D eigenvalue weighted by atomic mass is 35.5. The summed E-state index contributed by atoms with van der Waals surface area (Å²) in [5, 5.41) is 9.14. The maximum absolute atomic E-state index is 13.5. The Morgan fingerprint density at radius 2 is 1.89 bits per heavy atom. The van der Waals surface area contributed by atoms with Crippen LogP contribution >= 0.6 is 22.9 Å². The number of thiophene rings is 1. The molecule has 35 heavy (non-hydrogen) atoms. The summed E-state index contributed by atoms with van der Waals surface area (Å²) >= 11 is 6.51. The number of rotatable bonds is 7. The number of carbonyl (C=O) groups is 1. The molecule has 4 aromatic rings. The molecule has 0 bridgehead atoms. The Kier molecular flexibility index (Phi) is 6.60. The Bertz CT molecular complexity index is 1540. The molecule has 0 atom stereocenters. The van der Waals surface area contributed by atoms with Crippen molar-refractivity contribution in [2.45, 2.75) is 23.2 Å². The van der Waals surface area contributed by atoms with Crippen LogP contribution in [0.3, 0.4) is 0 Å². The average Bonchev–Trinajstić information content (AvgIpc) is 3.43. The number of benzene rings is 2. The highest BCUT2D eigenvalue weighted by Gasteiger charge is 2.33. The molecule has 0 aliphatic rings. The van der Waals surface area contributed by atoms with Crippen molar-refractivity contribution in [1.82, 2.24) is 3.97 Å². The van der Waals surface area contributed by atoms with Crippen LogP contribution in [0.1, 0.15) is 17.5 Å². The fraction of sp³-hybridized carbons (Fsp3) is 0.174. The molecule has 0 amide bonds. The molecule has 12 heteroatoms. The molecule has 0 spiro atoms. The summed E-state index contributed by atoms with van der Waals surface area (Å²) in [6.45, 7) is 0. The van der Waals surface area contributed by atoms with Crippen molar-refractivity contribution >= 4 is 49.8 Å². The van der Waals surface area contributed by atoms with Crippen molar-refractivity contribution in [3.63, 3.8) is 0 Å². The molecule has 0 aliphatic carbocycles. The predicted molar refractivity (Wildman–Crippen MR) is 127 cm³/mol. The van der Waals surface area contributed by atoms with E-state index in [1.807, 2.05) is 0 Å². The molecule has 6 nitrogen and oxygen atoms in total. The van der Waals surface area contributed by atoms with E-state index in [0.29, 0.717) is 27.1 Å². The van der Waals surface area contributed by atoms with Gasteiger partial charge in [-0.05, 0) is 60.0 Å². The SMILES string of the molecule is COc1ccc2c(c1)c(CCC(=O)O)cn2S(=O)(=O)c1ccc(-c2ccc(Cl)c(C(F)(F)F)c2)s1. The first-order chi connectivity index (χ1) is 16.4. The lowest BCUT2D eigenvalue weighted by atomic mass is 10.1. The van der Waals surface area contributed by atoms with Crippen LogP contribution < -0.4 is 4.74 Å². The van der Waals surface area contributed by atoms with Gasteiger partial charge in [-0.2, -0.15) is 21.6 Å². The first kappa shape index (κ1) is 25.1. The molecule has 0 saturated heterocycles. The number of nitrogens with zero attached hydrogens (tertiary/aromatic N) is 1. The maximum atomic E-state index is 13.5. The zero-order chi connectivity index (χ0) is 25.5. The van der Waals surface area contributed by atoms with Crippen LogP contribution in [0.2, 0.25) is 5.02 Å². The van der Waals surface area contributed by atoms with Gasteiger partial charge in [-0.3, -0.25) is 4.79 Å². The van der Waals surface area contributed by atoms with Gasteiger partial charge in [0.05, 0.1) is 23.2 Å². The van der Waals surface area contributed by atoms with E-state index < -0.39 is 32.8 Å². The Hall–Kier alpha value is -3.02. The van der Waals surface area contributed by atoms with Crippen molar-refractivity contribution in [2.75, 3.05) is 7.11 Å². The highest BCUT2D eigenvalue weighted by Crippen LogP contribution is 2.40. The van der Waals surface area contributed by atoms with Crippen LogP contribution in [-0.4, -0.2) is 30.6 Å². The van der Waals surface area contributed by atoms with E-state index in [1.165, 1.54) is 31.5 Å². The number of hydrogen-bond donors (Lipinski definition) is 1. The molecule has 4 rings (SSSR count). The average molecular weight is 544 g/mol. The second-order valence-corrected chi connectivity index (χ2v) is 11.1. The lowest BCUT2D eigenvalue weighted by molar-refractivity contribution is -0.138. The van der Waals surface area contributed by atoms with Gasteiger partial charge in [0, 0.05) is 22.9 Å². The lowest BCUT2D eigenvalue weighted by Crippen LogP contribution is -2.10. The van der Waals surface area contributed by atoms with Crippen molar-refractivity contribution in [3.05, 3.63) is 70.9 Å². The third-order valence-electron chi connectivity index (χ3n) is 5.32. The number of carboxylic acids is 1. The third-order valence-corrected chi connectivity index (χ3v) is 8.92. The minimum Gasteiger partial charge on any atom is -0.497 e. The van der Waals surface area contributed by atoms with Gasteiger partial charge in [0.15, 0.2) is 0 Å². The van der Waals surface area contributed by atoms with E-state index >= 15 is 0 Å². The molecule has 2 aromatic heterocycles. The van der Waals surface area contributed by atoms with E-state index in [4.69, 9.17) is 21.4 Å². The normalized spacial score (nSPS) is 12.3. The minimum absolute atomic E-state index is 0.0893. The van der Waals surface area contributed by atoms with Crippen LogP contribution in [0.25, 0.3) is 21.3 Å². The van der Waals surface area contributed by atoms with Gasteiger partial charge >= 0.3 is 12.1 Å². The van der Waals surface area contributed by atoms with Gasteiger partial charge in [-0.1, -0.05) is 17.7 Å². The molecular weight excluding hydrogens is 527 g/mol. The Morgan fingerprint density at radius 3 is 2.54 bits per heavy atom. The quantitative estimate of drug-likeness (QED) is 0.295. The van der Waals surface area contributed by atoms with Gasteiger partial charge < -0.3 is 9.84 Å². The summed E-state index contributed by atoms with van der Waals surface area (Å²) < 4.78 is 72.9. The lowest BCUT2D eigenvalue weighted by Gasteiger charge is -2.10. The minimum atomic E-state index is -4.66. The molecule has 0 saturated carbocycles. The molecule has 0 unspecified atom stereocenters. The first-order valence-electron chi connectivity index (χ1n) is 10.0. The smallest absolute Gasteiger partial charge is 0.417 e. The highest BCUT2D eigenvalue weighted by molar-refractivity contribution is 7.92. The molecular formula is C23H17ClF3NO5S2. The van der Waals surface area contributed by atoms with Crippen LogP contribution in [-0.2, 0) is 27.4 Å². The number of aromatic nitrogens is 1. The number of carboxylic acid groups (broad SMARTS) is 1. The van der Waals surface area contributed by atoms with Crippen LogP contribution in [0.4, 0.5) is 13.2 Å². The van der Waals surface area contributed by atoms with Crippen LogP contribution in [0.5, 0.6) is 5.75 Å². The van der Waals surface area contributed by atoms with E-state index in [9.17, 15) is 26.4 Å². The van der Waals surface area contributed by atoms with Crippen molar-refractivity contribution in [1.29, 1.82) is 0 Å². The topological polar surface area (TPSA) is 85.6 Å². The maximum Gasteiger partial charge on any atom is 0.417 e. The van der Waals surface area contributed by atoms with Crippen molar-refractivity contribution < 1.29 is 36.2 Å². The van der Waals surface area contributed by atoms with E-state index in [2.05, 4.69) is 0 Å². The van der Waals surface area contributed by atoms with E-state index in [1.54, 1.807) is 18.2 Å². The fourth-order valence-corrected chi connectivity index (χ4v) is 6.63. The first-order valence-corrected chi connectivity index (χ1v) is 12.7. The third kappa shape index (κ3) is 4.89. The number of aryl methyl sites for hydroxylation is 1. The van der Waals surface area contributed by atoms with Crippen molar-refractivity contribution in [2.24, 2.45) is 0 Å². The number of hydrogen-bond acceptors (Lipinski definition) is 5. The monoisotopic (exact) mass is 543 g/mol. The molecule has 2 aromatic carbocycles. The Morgan fingerprint density at radius 1 is 1.14 bits per heavy atom. The molecule has 2 heterocycles. The summed E-state index contributed by atoms with van der Waals surface area (Å²) in [5.74, 6) is -0.549. The number of aliphatic carboxylic acids is 1. The van der Waals surface area contributed by atoms with Gasteiger partial charge in [-0.25, -0.2) is 3.97 Å². The summed E-state index contributed by atoms with van der Waals surface area (Å²) in [4.78, 5) is 11.4. The number of alkyl halides is 3. The molecule has 0 fully saturated rings. The van der Waals surface area contributed by atoms with Crippen LogP contribution in [0, 0.1) is 0 Å². The van der Waals surface area contributed by atoms with E-state index in [0.717, 1.165) is 27.4 Å². The van der Waals surface area contributed by atoms with Gasteiger partial charge in [0.1, 0.15) is 9.96 Å². The van der Waals surface area contributed by atoms with Gasteiger partial charge in [0.2, 0.25) is 0 Å². The molecule has 0 aliphatic heterocycles. The summed E-state index contributed by atoms with van der Waals surface area (Å²) in [7, 11) is -2.68. The summed E-state index contributed by atoms with van der Waals surface area (Å²) in [5.41, 5.74) is 0.00137. The zero-order valence-electron chi connectivity index (χ0n) is 18.0.